The Kier molecular flexibility index (Phi) is 4.80. The van der Waals surface area contributed by atoms with Crippen LogP contribution in [0.4, 0.5) is 13.2 Å². The zero-order valence-corrected chi connectivity index (χ0v) is 17.7. The van der Waals surface area contributed by atoms with E-state index in [4.69, 9.17) is 5.26 Å². The van der Waals surface area contributed by atoms with Crippen molar-refractivity contribution in [1.82, 2.24) is 14.5 Å². The highest BCUT2D eigenvalue weighted by molar-refractivity contribution is 6.09. The van der Waals surface area contributed by atoms with Crippen LogP contribution >= 0.6 is 0 Å². The number of rotatable bonds is 2. The summed E-state index contributed by atoms with van der Waals surface area (Å²) in [6.07, 6.45) is -1.52. The minimum absolute atomic E-state index is 0.0296. The number of alkyl halides is 3. The van der Waals surface area contributed by atoms with Gasteiger partial charge < -0.3 is 4.57 Å². The lowest BCUT2D eigenvalue weighted by molar-refractivity contribution is -0.137. The van der Waals surface area contributed by atoms with Crippen molar-refractivity contribution in [3.63, 3.8) is 0 Å². The van der Waals surface area contributed by atoms with E-state index in [2.05, 4.69) is 16.0 Å². The van der Waals surface area contributed by atoms with Crippen molar-refractivity contribution in [2.75, 3.05) is 0 Å². The van der Waals surface area contributed by atoms with Crippen LogP contribution in [0.2, 0.25) is 0 Å². The SMILES string of the molecule is Cc1ccc2c3ccc(C(F)(F)F)cc3n(-c3ccc(-c4cnc(C#N)nc4)cc3C#N)c2c1. The summed E-state index contributed by atoms with van der Waals surface area (Å²) in [6.45, 7) is 1.90. The van der Waals surface area contributed by atoms with Crippen molar-refractivity contribution in [3.8, 4) is 29.0 Å². The highest BCUT2D eigenvalue weighted by atomic mass is 19.4. The third-order valence-electron chi connectivity index (χ3n) is 5.69. The number of fused-ring (bicyclic) bond motifs is 3. The molecule has 0 radical (unpaired) electrons. The van der Waals surface area contributed by atoms with Crippen molar-refractivity contribution < 1.29 is 13.2 Å². The fourth-order valence-corrected chi connectivity index (χ4v) is 4.10. The fraction of sp³-hybridized carbons (Fsp3) is 0.0769. The predicted molar refractivity (Wildman–Crippen MR) is 121 cm³/mol. The Morgan fingerprint density at radius 1 is 0.794 bits per heavy atom. The maximum absolute atomic E-state index is 13.5. The van der Waals surface area contributed by atoms with Crippen molar-refractivity contribution in [2.45, 2.75) is 13.1 Å². The molecule has 0 aliphatic rings. The molecule has 0 bridgehead atoms. The van der Waals surface area contributed by atoms with Gasteiger partial charge in [-0.2, -0.15) is 23.7 Å². The first-order chi connectivity index (χ1) is 16.3. The lowest BCUT2D eigenvalue weighted by Crippen LogP contribution is -2.05. The first-order valence-corrected chi connectivity index (χ1v) is 10.2. The Hall–Kier alpha value is -4.69. The Morgan fingerprint density at radius 3 is 2.12 bits per heavy atom. The molecule has 5 aromatic rings. The Morgan fingerprint density at radius 2 is 1.47 bits per heavy atom. The molecule has 5 rings (SSSR count). The van der Waals surface area contributed by atoms with Crippen molar-refractivity contribution in [2.24, 2.45) is 0 Å². The first kappa shape index (κ1) is 21.2. The molecule has 2 heterocycles. The molecule has 0 unspecified atom stereocenters. The standard InChI is InChI=1S/C26H14F3N5/c1-15-2-5-20-21-6-4-19(26(27,28)29)10-24(21)34(23(20)8-15)22-7-3-16(9-17(22)11-30)18-13-32-25(12-31)33-14-18/h2-10,13-14H,1H3. The van der Waals surface area contributed by atoms with Gasteiger partial charge in [-0.1, -0.05) is 24.3 Å². The van der Waals surface area contributed by atoms with Gasteiger partial charge in [-0.05, 0) is 48.4 Å². The number of hydrogen-bond donors (Lipinski definition) is 0. The van der Waals surface area contributed by atoms with Crippen LogP contribution in [0, 0.1) is 29.6 Å². The summed E-state index contributed by atoms with van der Waals surface area (Å²) in [5.41, 5.74) is 3.26. The maximum atomic E-state index is 13.5. The van der Waals surface area contributed by atoms with Gasteiger partial charge in [0.25, 0.3) is 0 Å². The number of aryl methyl sites for hydroxylation is 1. The second kappa shape index (κ2) is 7.72. The molecular formula is C26H14F3N5. The summed E-state index contributed by atoms with van der Waals surface area (Å²) >= 11 is 0. The van der Waals surface area contributed by atoms with Gasteiger partial charge >= 0.3 is 6.18 Å². The largest absolute Gasteiger partial charge is 0.416 e. The van der Waals surface area contributed by atoms with Crippen LogP contribution < -0.4 is 0 Å². The predicted octanol–water partition coefficient (Wildman–Crippen LogP) is 6.31. The highest BCUT2D eigenvalue weighted by Crippen LogP contribution is 2.38. The van der Waals surface area contributed by atoms with Crippen molar-refractivity contribution in [1.29, 1.82) is 10.5 Å². The Bertz CT molecular complexity index is 1670. The van der Waals surface area contributed by atoms with Gasteiger partial charge in [0.2, 0.25) is 5.82 Å². The smallest absolute Gasteiger partial charge is 0.308 e. The minimum Gasteiger partial charge on any atom is -0.308 e. The van der Waals surface area contributed by atoms with Crippen LogP contribution in [-0.2, 0) is 6.18 Å². The van der Waals surface area contributed by atoms with E-state index in [0.717, 1.165) is 23.1 Å². The van der Waals surface area contributed by atoms with Gasteiger partial charge in [0.1, 0.15) is 12.1 Å². The van der Waals surface area contributed by atoms with Crippen LogP contribution in [-0.4, -0.2) is 14.5 Å². The third-order valence-corrected chi connectivity index (χ3v) is 5.69. The van der Waals surface area contributed by atoms with Crippen LogP contribution in [0.25, 0.3) is 38.6 Å². The van der Waals surface area contributed by atoms with Crippen LogP contribution in [0.1, 0.15) is 22.5 Å². The number of nitrogens with zero attached hydrogens (tertiary/aromatic N) is 5. The zero-order valence-electron chi connectivity index (χ0n) is 17.7. The molecular weight excluding hydrogens is 439 g/mol. The first-order valence-electron chi connectivity index (χ1n) is 10.2. The van der Waals surface area contributed by atoms with E-state index in [1.54, 1.807) is 22.8 Å². The van der Waals surface area contributed by atoms with Gasteiger partial charge in [0.05, 0.1) is 27.8 Å². The molecule has 8 heteroatoms. The van der Waals surface area contributed by atoms with Gasteiger partial charge in [0, 0.05) is 28.7 Å². The summed E-state index contributed by atoms with van der Waals surface area (Å²) in [7, 11) is 0. The van der Waals surface area contributed by atoms with Gasteiger partial charge in [-0.25, -0.2) is 9.97 Å². The van der Waals surface area contributed by atoms with Gasteiger partial charge in [-0.3, -0.25) is 0 Å². The monoisotopic (exact) mass is 453 g/mol. The van der Waals surface area contributed by atoms with Gasteiger partial charge in [-0.15, -0.1) is 0 Å². The molecule has 0 aliphatic carbocycles. The van der Waals surface area contributed by atoms with E-state index >= 15 is 0 Å². The Labute approximate surface area is 192 Å². The number of halogens is 3. The molecule has 0 atom stereocenters. The molecule has 0 N–H and O–H groups in total. The highest BCUT2D eigenvalue weighted by Gasteiger charge is 2.31. The third kappa shape index (κ3) is 3.42. The van der Waals surface area contributed by atoms with E-state index in [9.17, 15) is 18.4 Å². The van der Waals surface area contributed by atoms with Crippen molar-refractivity contribution in [3.05, 3.63) is 89.5 Å². The van der Waals surface area contributed by atoms with Crippen molar-refractivity contribution >= 4 is 21.8 Å². The second-order valence-electron chi connectivity index (χ2n) is 7.84. The fourth-order valence-electron chi connectivity index (χ4n) is 4.10. The molecule has 0 aliphatic heterocycles. The quantitative estimate of drug-likeness (QED) is 0.314. The summed E-state index contributed by atoms with van der Waals surface area (Å²) in [5.74, 6) is 0.0296. The Balaban J connectivity index is 1.79. The van der Waals surface area contributed by atoms with Crippen LogP contribution in [0.3, 0.4) is 0 Å². The molecule has 0 saturated heterocycles. The summed E-state index contributed by atoms with van der Waals surface area (Å²) in [5, 5.41) is 20.3. The molecule has 0 fully saturated rings. The molecule has 3 aromatic carbocycles. The number of hydrogen-bond acceptors (Lipinski definition) is 4. The van der Waals surface area contributed by atoms with Crippen LogP contribution in [0.15, 0.2) is 67.0 Å². The minimum atomic E-state index is -4.50. The molecule has 2 aromatic heterocycles. The normalized spacial score (nSPS) is 11.5. The average molecular weight is 453 g/mol. The lowest BCUT2D eigenvalue weighted by atomic mass is 10.0. The van der Waals surface area contributed by atoms with E-state index in [1.165, 1.54) is 18.5 Å². The topological polar surface area (TPSA) is 78.3 Å². The molecule has 5 nitrogen and oxygen atoms in total. The van der Waals surface area contributed by atoms with E-state index in [0.29, 0.717) is 33.2 Å². The summed E-state index contributed by atoms with van der Waals surface area (Å²) in [4.78, 5) is 7.92. The van der Waals surface area contributed by atoms with E-state index in [1.807, 2.05) is 31.2 Å². The summed E-state index contributed by atoms with van der Waals surface area (Å²) in [6, 6.07) is 18.5. The van der Waals surface area contributed by atoms with Crippen LogP contribution in [0.5, 0.6) is 0 Å². The van der Waals surface area contributed by atoms with E-state index in [-0.39, 0.29) is 11.4 Å². The molecule has 0 amide bonds. The molecule has 0 spiro atoms. The number of nitriles is 2. The van der Waals surface area contributed by atoms with Gasteiger partial charge in [0.15, 0.2) is 0 Å². The average Bonchev–Trinajstić information content (AvgIpc) is 3.15. The molecule has 34 heavy (non-hydrogen) atoms. The number of benzene rings is 3. The lowest BCUT2D eigenvalue weighted by Gasteiger charge is -2.13. The summed E-state index contributed by atoms with van der Waals surface area (Å²) < 4.78 is 42.2. The number of aromatic nitrogens is 3. The zero-order chi connectivity index (χ0) is 24.0. The molecule has 164 valence electrons. The molecule has 0 saturated carbocycles. The second-order valence-corrected chi connectivity index (χ2v) is 7.84. The maximum Gasteiger partial charge on any atom is 0.416 e. The van der Waals surface area contributed by atoms with E-state index < -0.39 is 11.7 Å².